The Morgan fingerprint density at radius 2 is 2.18 bits per heavy atom. The highest BCUT2D eigenvalue weighted by molar-refractivity contribution is 6.35. The fraction of sp³-hybridized carbons (Fsp3) is 0.375. The third-order valence-electron chi connectivity index (χ3n) is 3.81. The molecule has 0 bridgehead atoms. The second kappa shape index (κ2) is 6.82. The summed E-state index contributed by atoms with van der Waals surface area (Å²) in [7, 11) is 0. The number of rotatable bonds is 4. The van der Waals surface area contributed by atoms with Gasteiger partial charge in [0.1, 0.15) is 0 Å². The summed E-state index contributed by atoms with van der Waals surface area (Å²) in [5.41, 5.74) is 2.08. The quantitative estimate of drug-likeness (QED) is 0.922. The van der Waals surface area contributed by atoms with Crippen LogP contribution in [-0.4, -0.2) is 34.0 Å². The van der Waals surface area contributed by atoms with E-state index in [4.69, 9.17) is 23.2 Å². The van der Waals surface area contributed by atoms with Gasteiger partial charge in [0.2, 0.25) is 5.95 Å². The van der Waals surface area contributed by atoms with Crippen molar-refractivity contribution in [3.8, 4) is 0 Å². The lowest BCUT2D eigenvalue weighted by atomic mass is 10.2. The van der Waals surface area contributed by atoms with Gasteiger partial charge in [-0.05, 0) is 37.1 Å². The third-order valence-corrected chi connectivity index (χ3v) is 4.40. The first-order chi connectivity index (χ1) is 10.6. The zero-order valence-corrected chi connectivity index (χ0v) is 13.9. The first-order valence-electron chi connectivity index (χ1n) is 7.32. The predicted octanol–water partition coefficient (Wildman–Crippen LogP) is 3.78. The fourth-order valence-corrected chi connectivity index (χ4v) is 3.15. The standard InChI is InChI=1S/C16H18Cl2N4/c1-11-4-6-19-16(20-11)21-14-5-7-22(10-14)9-12-2-3-13(17)8-15(12)18/h2-4,6,8,14H,5,7,9-10H2,1H3,(H,19,20,21). The van der Waals surface area contributed by atoms with Gasteiger partial charge in [0.15, 0.2) is 0 Å². The minimum atomic E-state index is 0.368. The summed E-state index contributed by atoms with van der Waals surface area (Å²) in [6, 6.07) is 7.94. The van der Waals surface area contributed by atoms with E-state index < -0.39 is 0 Å². The summed E-state index contributed by atoms with van der Waals surface area (Å²) in [6.07, 6.45) is 2.85. The van der Waals surface area contributed by atoms with Gasteiger partial charge in [-0.25, -0.2) is 9.97 Å². The summed E-state index contributed by atoms with van der Waals surface area (Å²) < 4.78 is 0. The van der Waals surface area contributed by atoms with Crippen molar-refractivity contribution in [2.75, 3.05) is 18.4 Å². The Morgan fingerprint density at radius 3 is 2.95 bits per heavy atom. The molecule has 2 heterocycles. The van der Waals surface area contributed by atoms with E-state index in [1.54, 1.807) is 12.3 Å². The first kappa shape index (κ1) is 15.5. The Hall–Kier alpha value is -1.36. The summed E-state index contributed by atoms with van der Waals surface area (Å²) in [6.45, 7) is 4.79. The molecule has 116 valence electrons. The van der Waals surface area contributed by atoms with Crippen LogP contribution >= 0.6 is 23.2 Å². The maximum Gasteiger partial charge on any atom is 0.223 e. The SMILES string of the molecule is Cc1ccnc(NC2CCN(Cc3ccc(Cl)cc3Cl)C2)n1. The van der Waals surface area contributed by atoms with Crippen molar-refractivity contribution in [3.63, 3.8) is 0 Å². The van der Waals surface area contributed by atoms with Crippen LogP contribution in [-0.2, 0) is 6.54 Å². The molecule has 22 heavy (non-hydrogen) atoms. The number of anilines is 1. The fourth-order valence-electron chi connectivity index (χ4n) is 2.69. The molecule has 6 heteroatoms. The van der Waals surface area contributed by atoms with E-state index in [9.17, 15) is 0 Å². The summed E-state index contributed by atoms with van der Waals surface area (Å²) in [5, 5.41) is 4.80. The molecule has 0 aliphatic carbocycles. The summed E-state index contributed by atoms with van der Waals surface area (Å²) in [5.74, 6) is 0.705. The van der Waals surface area contributed by atoms with Gasteiger partial charge >= 0.3 is 0 Å². The number of aromatic nitrogens is 2. The van der Waals surface area contributed by atoms with Crippen molar-refractivity contribution < 1.29 is 0 Å². The van der Waals surface area contributed by atoms with E-state index in [-0.39, 0.29) is 0 Å². The molecule has 1 aromatic heterocycles. The minimum Gasteiger partial charge on any atom is -0.350 e. The number of likely N-dealkylation sites (tertiary alicyclic amines) is 1. The van der Waals surface area contributed by atoms with Gasteiger partial charge in [-0.1, -0.05) is 29.3 Å². The van der Waals surface area contributed by atoms with Crippen molar-refractivity contribution in [3.05, 3.63) is 51.8 Å². The lowest BCUT2D eigenvalue weighted by Gasteiger charge is -2.17. The number of aryl methyl sites for hydroxylation is 1. The van der Waals surface area contributed by atoms with Gasteiger partial charge in [-0.3, -0.25) is 4.90 Å². The molecule has 1 unspecified atom stereocenters. The summed E-state index contributed by atoms with van der Waals surface area (Å²) in [4.78, 5) is 11.0. The van der Waals surface area contributed by atoms with Crippen LogP contribution in [0.2, 0.25) is 10.0 Å². The van der Waals surface area contributed by atoms with Crippen LogP contribution in [0.25, 0.3) is 0 Å². The second-order valence-corrected chi connectivity index (χ2v) is 6.47. The molecular formula is C16H18Cl2N4. The van der Waals surface area contributed by atoms with E-state index >= 15 is 0 Å². The number of hydrogen-bond acceptors (Lipinski definition) is 4. The Kier molecular flexibility index (Phi) is 4.81. The molecule has 0 saturated carbocycles. The molecule has 1 aromatic carbocycles. The summed E-state index contributed by atoms with van der Waals surface area (Å²) >= 11 is 12.2. The molecule has 1 aliphatic heterocycles. The normalized spacial score (nSPS) is 18.6. The highest BCUT2D eigenvalue weighted by Crippen LogP contribution is 2.24. The number of nitrogens with zero attached hydrogens (tertiary/aromatic N) is 3. The minimum absolute atomic E-state index is 0.368. The van der Waals surface area contributed by atoms with Crippen molar-refractivity contribution in [1.82, 2.24) is 14.9 Å². The Bertz CT molecular complexity index is 662. The van der Waals surface area contributed by atoms with Crippen molar-refractivity contribution in [2.24, 2.45) is 0 Å². The van der Waals surface area contributed by atoms with Crippen molar-refractivity contribution >= 4 is 29.2 Å². The Balaban J connectivity index is 1.58. The van der Waals surface area contributed by atoms with E-state index in [2.05, 4.69) is 20.2 Å². The van der Waals surface area contributed by atoms with Crippen LogP contribution in [0, 0.1) is 6.92 Å². The zero-order valence-electron chi connectivity index (χ0n) is 12.4. The van der Waals surface area contributed by atoms with E-state index in [0.717, 1.165) is 42.3 Å². The van der Waals surface area contributed by atoms with Crippen LogP contribution in [0.3, 0.4) is 0 Å². The Morgan fingerprint density at radius 1 is 1.32 bits per heavy atom. The highest BCUT2D eigenvalue weighted by atomic mass is 35.5. The maximum absolute atomic E-state index is 6.24. The van der Waals surface area contributed by atoms with Gasteiger partial charge in [0.05, 0.1) is 0 Å². The molecule has 3 rings (SSSR count). The van der Waals surface area contributed by atoms with Crippen LogP contribution in [0.4, 0.5) is 5.95 Å². The van der Waals surface area contributed by atoms with Crippen LogP contribution in [0.5, 0.6) is 0 Å². The molecule has 0 radical (unpaired) electrons. The predicted molar refractivity (Wildman–Crippen MR) is 90.5 cm³/mol. The number of benzene rings is 1. The molecule has 1 fully saturated rings. The highest BCUT2D eigenvalue weighted by Gasteiger charge is 2.23. The largest absolute Gasteiger partial charge is 0.350 e. The molecule has 0 amide bonds. The Labute approximate surface area is 140 Å². The lowest BCUT2D eigenvalue weighted by Crippen LogP contribution is -2.26. The third kappa shape index (κ3) is 3.88. The van der Waals surface area contributed by atoms with Crippen LogP contribution in [0.15, 0.2) is 30.5 Å². The molecular weight excluding hydrogens is 319 g/mol. The molecule has 1 saturated heterocycles. The zero-order chi connectivity index (χ0) is 15.5. The molecule has 1 aliphatic rings. The van der Waals surface area contributed by atoms with Gasteiger partial charge in [-0.15, -0.1) is 0 Å². The van der Waals surface area contributed by atoms with Crippen molar-refractivity contribution in [2.45, 2.75) is 25.9 Å². The van der Waals surface area contributed by atoms with E-state index in [1.165, 1.54) is 0 Å². The maximum atomic E-state index is 6.24. The molecule has 1 N–H and O–H groups in total. The number of nitrogens with one attached hydrogen (secondary N) is 1. The monoisotopic (exact) mass is 336 g/mol. The molecule has 4 nitrogen and oxygen atoms in total. The number of halogens is 2. The van der Waals surface area contributed by atoms with E-state index in [1.807, 2.05) is 25.1 Å². The van der Waals surface area contributed by atoms with Crippen molar-refractivity contribution in [1.29, 1.82) is 0 Å². The van der Waals surface area contributed by atoms with Gasteiger partial charge in [0, 0.05) is 47.6 Å². The van der Waals surface area contributed by atoms with Crippen LogP contribution in [0.1, 0.15) is 17.7 Å². The van der Waals surface area contributed by atoms with Crippen LogP contribution < -0.4 is 5.32 Å². The number of hydrogen-bond donors (Lipinski definition) is 1. The molecule has 0 spiro atoms. The molecule has 1 atom stereocenters. The topological polar surface area (TPSA) is 41.1 Å². The average Bonchev–Trinajstić information content (AvgIpc) is 2.89. The van der Waals surface area contributed by atoms with Gasteiger partial charge in [0.25, 0.3) is 0 Å². The van der Waals surface area contributed by atoms with Gasteiger partial charge in [-0.2, -0.15) is 0 Å². The molecule has 2 aromatic rings. The van der Waals surface area contributed by atoms with E-state index in [0.29, 0.717) is 17.0 Å². The van der Waals surface area contributed by atoms with Gasteiger partial charge < -0.3 is 5.32 Å². The first-order valence-corrected chi connectivity index (χ1v) is 8.08. The lowest BCUT2D eigenvalue weighted by molar-refractivity contribution is 0.328. The second-order valence-electron chi connectivity index (χ2n) is 5.62. The average molecular weight is 337 g/mol. The smallest absolute Gasteiger partial charge is 0.223 e.